The predicted molar refractivity (Wildman–Crippen MR) is 110 cm³/mol. The fourth-order valence-corrected chi connectivity index (χ4v) is 5.82. The zero-order chi connectivity index (χ0) is 20.3. The third-order valence-corrected chi connectivity index (χ3v) is 7.96. The quantitative estimate of drug-likeness (QED) is 0.739. The van der Waals surface area contributed by atoms with E-state index in [4.69, 9.17) is 4.74 Å². The summed E-state index contributed by atoms with van der Waals surface area (Å²) < 4.78 is 33.5. The molecule has 7 nitrogen and oxygen atoms in total. The Labute approximate surface area is 170 Å². The van der Waals surface area contributed by atoms with Crippen LogP contribution in [0, 0.1) is 0 Å². The van der Waals surface area contributed by atoms with E-state index in [1.54, 1.807) is 19.2 Å². The molecule has 1 aromatic heterocycles. The minimum absolute atomic E-state index is 0.148. The minimum Gasteiger partial charge on any atom is -0.485 e. The summed E-state index contributed by atoms with van der Waals surface area (Å²) in [5.74, 6) is 0.630. The number of carbonyl (C=O) groups excluding carboxylic acids is 1. The van der Waals surface area contributed by atoms with Gasteiger partial charge in [0.1, 0.15) is 16.1 Å². The van der Waals surface area contributed by atoms with Crippen LogP contribution in [0.25, 0.3) is 0 Å². The molecule has 0 saturated heterocycles. The van der Waals surface area contributed by atoms with Crippen molar-refractivity contribution < 1.29 is 17.9 Å². The van der Waals surface area contributed by atoms with Crippen LogP contribution in [-0.4, -0.2) is 51.4 Å². The summed E-state index contributed by atoms with van der Waals surface area (Å²) in [5.41, 5.74) is 1.03. The summed E-state index contributed by atoms with van der Waals surface area (Å²) in [4.78, 5) is 14.0. The van der Waals surface area contributed by atoms with Crippen LogP contribution in [-0.2, 0) is 21.4 Å². The second-order valence-corrected chi connectivity index (χ2v) is 10.1. The van der Waals surface area contributed by atoms with Crippen molar-refractivity contribution in [2.24, 2.45) is 0 Å². The van der Waals surface area contributed by atoms with Gasteiger partial charge in [0.2, 0.25) is 5.91 Å². The summed E-state index contributed by atoms with van der Waals surface area (Å²) in [7, 11) is -2.04. The molecule has 152 valence electrons. The van der Waals surface area contributed by atoms with Crippen molar-refractivity contribution >= 4 is 33.0 Å². The number of sulfonamides is 1. The lowest BCUT2D eigenvalue weighted by Gasteiger charge is -2.36. The molecule has 0 radical (unpaired) electrons. The highest BCUT2D eigenvalue weighted by Gasteiger charge is 2.30. The van der Waals surface area contributed by atoms with Gasteiger partial charge >= 0.3 is 0 Å². The van der Waals surface area contributed by atoms with Gasteiger partial charge in [-0.2, -0.15) is 4.31 Å². The number of benzene rings is 1. The number of amides is 1. The lowest BCUT2D eigenvalue weighted by atomic mass is 10.2. The molecule has 1 amide bonds. The Hall–Kier alpha value is -2.10. The molecule has 1 aliphatic heterocycles. The number of para-hydroxylation sites is 2. The third-order valence-electron chi connectivity index (χ3n) is 4.58. The second-order valence-electron chi connectivity index (χ2n) is 6.66. The maximum atomic E-state index is 12.9. The van der Waals surface area contributed by atoms with Gasteiger partial charge < -0.3 is 15.0 Å². The summed E-state index contributed by atoms with van der Waals surface area (Å²) in [5, 5.41) is 2.68. The SMILES string of the molecule is CCN1CC(CN(C)S(=O)(=O)c2ccc(CNC(C)=O)s2)Oc2ccccc21. The zero-order valence-electron chi connectivity index (χ0n) is 16.2. The first-order chi connectivity index (χ1) is 13.3. The van der Waals surface area contributed by atoms with Crippen LogP contribution >= 0.6 is 11.3 Å². The molecule has 1 N–H and O–H groups in total. The second kappa shape index (κ2) is 8.50. The molecule has 0 fully saturated rings. The molecule has 3 rings (SSSR count). The van der Waals surface area contributed by atoms with Crippen molar-refractivity contribution in [3.63, 3.8) is 0 Å². The van der Waals surface area contributed by atoms with E-state index in [0.717, 1.165) is 22.9 Å². The normalized spacial score (nSPS) is 16.6. The number of likely N-dealkylation sites (N-methyl/N-ethyl adjacent to an activating group) is 2. The van der Waals surface area contributed by atoms with Gasteiger partial charge in [-0.15, -0.1) is 11.3 Å². The maximum absolute atomic E-state index is 12.9. The number of anilines is 1. The topological polar surface area (TPSA) is 79.0 Å². The van der Waals surface area contributed by atoms with E-state index >= 15 is 0 Å². The van der Waals surface area contributed by atoms with Gasteiger partial charge in [0.25, 0.3) is 10.0 Å². The number of carbonyl (C=O) groups is 1. The highest BCUT2D eigenvalue weighted by molar-refractivity contribution is 7.91. The molecule has 2 aromatic rings. The lowest BCUT2D eigenvalue weighted by Crippen LogP contribution is -2.46. The van der Waals surface area contributed by atoms with E-state index in [1.165, 1.54) is 22.6 Å². The van der Waals surface area contributed by atoms with E-state index < -0.39 is 10.0 Å². The van der Waals surface area contributed by atoms with E-state index in [9.17, 15) is 13.2 Å². The summed E-state index contributed by atoms with van der Waals surface area (Å²) in [6.45, 7) is 5.54. The predicted octanol–water partition coefficient (Wildman–Crippen LogP) is 2.29. The smallest absolute Gasteiger partial charge is 0.252 e. The number of fused-ring (bicyclic) bond motifs is 1. The van der Waals surface area contributed by atoms with Gasteiger partial charge in [0.05, 0.1) is 25.3 Å². The molecule has 1 unspecified atom stereocenters. The van der Waals surface area contributed by atoms with Crippen molar-refractivity contribution in [1.29, 1.82) is 0 Å². The molecule has 1 aromatic carbocycles. The Bertz CT molecular complexity index is 942. The zero-order valence-corrected chi connectivity index (χ0v) is 17.8. The number of hydrogen-bond acceptors (Lipinski definition) is 6. The molecule has 0 saturated carbocycles. The van der Waals surface area contributed by atoms with Crippen molar-refractivity contribution in [1.82, 2.24) is 9.62 Å². The Morgan fingerprint density at radius 1 is 1.32 bits per heavy atom. The van der Waals surface area contributed by atoms with Crippen LogP contribution < -0.4 is 15.0 Å². The first-order valence-electron chi connectivity index (χ1n) is 9.11. The molecule has 0 spiro atoms. The van der Waals surface area contributed by atoms with E-state index in [1.807, 2.05) is 24.3 Å². The van der Waals surface area contributed by atoms with E-state index in [-0.39, 0.29) is 22.8 Å². The largest absolute Gasteiger partial charge is 0.485 e. The van der Waals surface area contributed by atoms with Crippen LogP contribution in [0.5, 0.6) is 5.75 Å². The van der Waals surface area contributed by atoms with Gasteiger partial charge in [-0.05, 0) is 31.2 Å². The fourth-order valence-electron chi connectivity index (χ4n) is 3.12. The molecule has 9 heteroatoms. The fraction of sp³-hybridized carbons (Fsp3) is 0.421. The summed E-state index contributed by atoms with van der Waals surface area (Å²) >= 11 is 1.17. The molecular weight excluding hydrogens is 398 g/mol. The average molecular weight is 424 g/mol. The van der Waals surface area contributed by atoms with Crippen molar-refractivity contribution in [3.8, 4) is 5.75 Å². The Morgan fingerprint density at radius 3 is 2.79 bits per heavy atom. The van der Waals surface area contributed by atoms with E-state index in [0.29, 0.717) is 13.1 Å². The van der Waals surface area contributed by atoms with Crippen LogP contribution in [0.15, 0.2) is 40.6 Å². The molecule has 28 heavy (non-hydrogen) atoms. The van der Waals surface area contributed by atoms with Crippen LogP contribution in [0.4, 0.5) is 5.69 Å². The summed E-state index contributed by atoms with van der Waals surface area (Å²) in [6.07, 6.45) is -0.256. The minimum atomic E-state index is -3.62. The first-order valence-corrected chi connectivity index (χ1v) is 11.4. The number of ether oxygens (including phenoxy) is 1. The third kappa shape index (κ3) is 4.48. The summed E-state index contributed by atoms with van der Waals surface area (Å²) in [6, 6.07) is 11.1. The number of thiophene rings is 1. The van der Waals surface area contributed by atoms with Gasteiger partial charge in [-0.1, -0.05) is 12.1 Å². The average Bonchev–Trinajstić information content (AvgIpc) is 3.15. The molecule has 0 bridgehead atoms. The number of rotatable bonds is 7. The molecule has 1 atom stereocenters. The van der Waals surface area contributed by atoms with Crippen LogP contribution in [0.2, 0.25) is 0 Å². The van der Waals surface area contributed by atoms with Gasteiger partial charge in [0, 0.05) is 25.4 Å². The standard InChI is InChI=1S/C19H25N3O4S2/c1-4-22-13-15(26-18-8-6-5-7-17(18)22)12-21(3)28(24,25)19-10-9-16(27-19)11-20-14(2)23/h5-10,15H,4,11-13H2,1-3H3,(H,20,23). The monoisotopic (exact) mass is 423 g/mol. The van der Waals surface area contributed by atoms with Crippen molar-refractivity contribution in [2.75, 3.05) is 31.6 Å². The first kappa shape index (κ1) is 20.6. The number of nitrogens with one attached hydrogen (secondary N) is 1. The Kier molecular flexibility index (Phi) is 6.26. The lowest BCUT2D eigenvalue weighted by molar-refractivity contribution is -0.119. The van der Waals surface area contributed by atoms with Gasteiger partial charge in [-0.25, -0.2) is 8.42 Å². The van der Waals surface area contributed by atoms with E-state index in [2.05, 4.69) is 17.1 Å². The molecule has 2 heterocycles. The highest BCUT2D eigenvalue weighted by atomic mass is 32.2. The maximum Gasteiger partial charge on any atom is 0.252 e. The Morgan fingerprint density at radius 2 is 2.07 bits per heavy atom. The highest BCUT2D eigenvalue weighted by Crippen LogP contribution is 2.33. The number of nitrogens with zero attached hydrogens (tertiary/aromatic N) is 2. The van der Waals surface area contributed by atoms with Gasteiger partial charge in [-0.3, -0.25) is 4.79 Å². The molecule has 1 aliphatic rings. The van der Waals surface area contributed by atoms with Crippen LogP contribution in [0.3, 0.4) is 0 Å². The van der Waals surface area contributed by atoms with Crippen molar-refractivity contribution in [2.45, 2.75) is 30.7 Å². The van der Waals surface area contributed by atoms with Crippen molar-refractivity contribution in [3.05, 3.63) is 41.3 Å². The van der Waals surface area contributed by atoms with Crippen LogP contribution in [0.1, 0.15) is 18.7 Å². The molecule has 0 aliphatic carbocycles. The van der Waals surface area contributed by atoms with Gasteiger partial charge in [0.15, 0.2) is 0 Å². The Balaban J connectivity index is 1.70. The molecular formula is C19H25N3O4S2. The number of hydrogen-bond donors (Lipinski definition) is 1.